The molecule has 0 fully saturated rings. The molecule has 0 bridgehead atoms. The Morgan fingerprint density at radius 2 is 1.95 bits per heavy atom. The predicted molar refractivity (Wildman–Crippen MR) is 65.4 cm³/mol. The largest absolute Gasteiger partial charge is 0.480 e. The first-order valence-electron chi connectivity index (χ1n) is 5.69. The molecule has 0 spiro atoms. The van der Waals surface area contributed by atoms with Gasteiger partial charge in [0.15, 0.2) is 0 Å². The molecule has 0 atom stereocenters. The van der Waals surface area contributed by atoms with Crippen LogP contribution in [-0.2, 0) is 4.79 Å². The van der Waals surface area contributed by atoms with E-state index in [0.29, 0.717) is 5.56 Å². The minimum Gasteiger partial charge on any atom is -0.480 e. The van der Waals surface area contributed by atoms with Gasteiger partial charge in [0.25, 0.3) is 0 Å². The fraction of sp³-hybridized carbons (Fsp3) is 0.333. The molecule has 5 nitrogen and oxygen atoms in total. The molecule has 2 N–H and O–H groups in total. The van der Waals surface area contributed by atoms with E-state index in [1.165, 1.54) is 13.0 Å². The van der Waals surface area contributed by atoms with Crippen molar-refractivity contribution in [2.45, 2.75) is 13.1 Å². The Morgan fingerprint density at radius 1 is 1.33 bits per heavy atom. The van der Waals surface area contributed by atoms with E-state index in [1.54, 1.807) is 0 Å². The van der Waals surface area contributed by atoms with Gasteiger partial charge in [-0.1, -0.05) is 6.07 Å². The van der Waals surface area contributed by atoms with E-state index < -0.39 is 37.1 Å². The maximum Gasteiger partial charge on any atom is 0.406 e. The highest BCUT2D eigenvalue weighted by Gasteiger charge is 2.34. The highest BCUT2D eigenvalue weighted by molar-refractivity contribution is 5.92. The number of hydrogen-bond donors (Lipinski definition) is 2. The summed E-state index contributed by atoms with van der Waals surface area (Å²) in [4.78, 5) is 22.3. The van der Waals surface area contributed by atoms with Crippen LogP contribution in [0.4, 0.5) is 28.0 Å². The number of halogens is 4. The van der Waals surface area contributed by atoms with Crippen LogP contribution in [0.5, 0.6) is 0 Å². The van der Waals surface area contributed by atoms with Crippen LogP contribution in [0.1, 0.15) is 5.56 Å². The molecule has 0 heterocycles. The lowest BCUT2D eigenvalue weighted by Gasteiger charge is -2.23. The van der Waals surface area contributed by atoms with Crippen molar-refractivity contribution < 1.29 is 32.3 Å². The van der Waals surface area contributed by atoms with Gasteiger partial charge in [0.1, 0.15) is 18.9 Å². The molecule has 1 aromatic rings. The third kappa shape index (κ3) is 5.67. The number of aryl methyl sites for hydroxylation is 1. The van der Waals surface area contributed by atoms with E-state index in [9.17, 15) is 27.2 Å². The van der Waals surface area contributed by atoms with Gasteiger partial charge in [-0.2, -0.15) is 13.2 Å². The van der Waals surface area contributed by atoms with Crippen molar-refractivity contribution in [2.75, 3.05) is 18.4 Å². The molecule has 9 heteroatoms. The molecule has 0 aromatic heterocycles. The summed E-state index contributed by atoms with van der Waals surface area (Å²) in [6.45, 7) is -1.33. The summed E-state index contributed by atoms with van der Waals surface area (Å²) in [5.74, 6) is -2.28. The van der Waals surface area contributed by atoms with Crippen LogP contribution in [0.3, 0.4) is 0 Å². The number of nitrogens with one attached hydrogen (secondary N) is 1. The van der Waals surface area contributed by atoms with Crippen LogP contribution < -0.4 is 5.32 Å². The van der Waals surface area contributed by atoms with Crippen LogP contribution in [-0.4, -0.2) is 41.3 Å². The van der Waals surface area contributed by atoms with Crippen molar-refractivity contribution >= 4 is 17.7 Å². The minimum absolute atomic E-state index is 0.0300. The van der Waals surface area contributed by atoms with Gasteiger partial charge in [-0.15, -0.1) is 0 Å². The van der Waals surface area contributed by atoms with Crippen molar-refractivity contribution in [2.24, 2.45) is 0 Å². The van der Waals surface area contributed by atoms with Crippen molar-refractivity contribution in [3.8, 4) is 0 Å². The maximum absolute atomic E-state index is 13.0. The standard InChI is InChI=1S/C12H12F4N2O3/c1-7-2-3-8(13)4-9(7)17-11(21)18(5-10(19)20)6-12(14,15)16/h2-4H,5-6H2,1H3,(H,17,21)(H,19,20). The van der Waals surface area contributed by atoms with Gasteiger partial charge >= 0.3 is 18.2 Å². The lowest BCUT2D eigenvalue weighted by atomic mass is 10.2. The van der Waals surface area contributed by atoms with E-state index in [1.807, 2.05) is 0 Å². The van der Waals surface area contributed by atoms with Crippen molar-refractivity contribution in [3.05, 3.63) is 29.6 Å². The zero-order valence-electron chi connectivity index (χ0n) is 10.9. The Morgan fingerprint density at radius 3 is 2.48 bits per heavy atom. The molecule has 0 aliphatic rings. The van der Waals surface area contributed by atoms with E-state index >= 15 is 0 Å². The number of anilines is 1. The molecule has 0 radical (unpaired) electrons. The molecule has 116 valence electrons. The highest BCUT2D eigenvalue weighted by Crippen LogP contribution is 2.19. The Bertz CT molecular complexity index is 546. The van der Waals surface area contributed by atoms with E-state index in [2.05, 4.69) is 5.32 Å². The number of carboxylic acid groups (broad SMARTS) is 1. The molecular weight excluding hydrogens is 296 g/mol. The zero-order chi connectivity index (χ0) is 16.2. The number of carbonyl (C=O) groups excluding carboxylic acids is 1. The van der Waals surface area contributed by atoms with Crippen LogP contribution in [0.25, 0.3) is 0 Å². The van der Waals surface area contributed by atoms with Gasteiger partial charge in [-0.25, -0.2) is 9.18 Å². The molecule has 1 aromatic carbocycles. The van der Waals surface area contributed by atoms with Gasteiger partial charge in [0.2, 0.25) is 0 Å². The first kappa shape index (κ1) is 16.7. The average molecular weight is 308 g/mol. The van der Waals surface area contributed by atoms with Crippen LogP contribution in [0.2, 0.25) is 0 Å². The Hall–Kier alpha value is -2.32. The minimum atomic E-state index is -4.75. The smallest absolute Gasteiger partial charge is 0.406 e. The number of benzene rings is 1. The average Bonchev–Trinajstić information content (AvgIpc) is 2.30. The Kier molecular flexibility index (Phi) is 5.12. The van der Waals surface area contributed by atoms with E-state index in [0.717, 1.165) is 12.1 Å². The summed E-state index contributed by atoms with van der Waals surface area (Å²) in [7, 11) is 0. The van der Waals surface area contributed by atoms with Crippen LogP contribution in [0, 0.1) is 12.7 Å². The summed E-state index contributed by atoms with van der Waals surface area (Å²) < 4.78 is 50.0. The molecule has 2 amide bonds. The van der Waals surface area contributed by atoms with Crippen molar-refractivity contribution in [1.29, 1.82) is 0 Å². The molecular formula is C12H12F4N2O3. The molecule has 21 heavy (non-hydrogen) atoms. The fourth-order valence-corrected chi connectivity index (χ4v) is 1.50. The number of alkyl halides is 3. The SMILES string of the molecule is Cc1ccc(F)cc1NC(=O)N(CC(=O)O)CC(F)(F)F. The maximum atomic E-state index is 13.0. The number of urea groups is 1. The number of rotatable bonds is 4. The zero-order valence-corrected chi connectivity index (χ0v) is 10.9. The quantitative estimate of drug-likeness (QED) is 0.840. The molecule has 0 aliphatic carbocycles. The van der Waals surface area contributed by atoms with Gasteiger partial charge in [0.05, 0.1) is 0 Å². The lowest BCUT2D eigenvalue weighted by Crippen LogP contribution is -2.44. The topological polar surface area (TPSA) is 69.6 Å². The molecule has 0 saturated carbocycles. The van der Waals surface area contributed by atoms with Crippen molar-refractivity contribution in [3.63, 3.8) is 0 Å². The second-order valence-electron chi connectivity index (χ2n) is 4.25. The molecule has 1 rings (SSSR count). The molecule has 0 saturated heterocycles. The number of carbonyl (C=O) groups is 2. The Balaban J connectivity index is 2.89. The summed E-state index contributed by atoms with van der Waals surface area (Å²) in [6, 6.07) is 2.11. The van der Waals surface area contributed by atoms with Gasteiger partial charge < -0.3 is 15.3 Å². The summed E-state index contributed by atoms with van der Waals surface area (Å²) >= 11 is 0. The number of carboxylic acids is 1. The fourth-order valence-electron chi connectivity index (χ4n) is 1.50. The molecule has 0 aliphatic heterocycles. The Labute approximate surface area is 117 Å². The van der Waals surface area contributed by atoms with E-state index in [-0.39, 0.29) is 10.6 Å². The number of nitrogens with zero attached hydrogens (tertiary/aromatic N) is 1. The summed E-state index contributed by atoms with van der Waals surface area (Å²) in [5.41, 5.74) is 0.393. The normalized spacial score (nSPS) is 11.1. The third-order valence-corrected chi connectivity index (χ3v) is 2.42. The second kappa shape index (κ2) is 6.42. The van der Waals surface area contributed by atoms with Gasteiger partial charge in [-0.05, 0) is 24.6 Å². The monoisotopic (exact) mass is 308 g/mol. The van der Waals surface area contributed by atoms with Crippen LogP contribution >= 0.6 is 0 Å². The van der Waals surface area contributed by atoms with Gasteiger partial charge in [-0.3, -0.25) is 4.79 Å². The summed E-state index contributed by atoms with van der Waals surface area (Å²) in [6.07, 6.45) is -4.75. The summed E-state index contributed by atoms with van der Waals surface area (Å²) in [5, 5.41) is 10.6. The lowest BCUT2D eigenvalue weighted by molar-refractivity contribution is -0.148. The first-order valence-corrected chi connectivity index (χ1v) is 5.69. The predicted octanol–water partition coefficient (Wildman–Crippen LogP) is 2.61. The number of aliphatic carboxylic acids is 1. The number of amides is 2. The van der Waals surface area contributed by atoms with E-state index in [4.69, 9.17) is 5.11 Å². The van der Waals surface area contributed by atoms with Crippen molar-refractivity contribution in [1.82, 2.24) is 4.90 Å². The first-order chi connectivity index (χ1) is 9.58. The highest BCUT2D eigenvalue weighted by atomic mass is 19.4. The van der Waals surface area contributed by atoms with Gasteiger partial charge in [0, 0.05) is 5.69 Å². The second-order valence-corrected chi connectivity index (χ2v) is 4.25. The van der Waals surface area contributed by atoms with Crippen LogP contribution in [0.15, 0.2) is 18.2 Å². The molecule has 0 unspecified atom stereocenters. The third-order valence-electron chi connectivity index (χ3n) is 2.42. The number of hydrogen-bond acceptors (Lipinski definition) is 2.